The summed E-state index contributed by atoms with van der Waals surface area (Å²) >= 11 is 4.15. The number of carbonyl (C=O) groups excluding carboxylic acids is 2. The average molecular weight is 377 g/mol. The lowest BCUT2D eigenvalue weighted by atomic mass is 10.1. The van der Waals surface area contributed by atoms with Gasteiger partial charge in [0, 0.05) is 12.1 Å². The van der Waals surface area contributed by atoms with Gasteiger partial charge in [0.2, 0.25) is 11.8 Å². The molecule has 2 amide bonds. The molecule has 6 nitrogen and oxygen atoms in total. The number of amides is 2. The summed E-state index contributed by atoms with van der Waals surface area (Å²) in [5, 5.41) is 13.6. The molecule has 1 heterocycles. The highest BCUT2D eigenvalue weighted by molar-refractivity contribution is 8.04. The van der Waals surface area contributed by atoms with E-state index in [1.165, 1.54) is 34.9 Å². The fraction of sp³-hybridized carbons (Fsp3) is 0.714. The maximum Gasteiger partial charge on any atom is 0.233 e. The summed E-state index contributed by atoms with van der Waals surface area (Å²) in [5.41, 5.74) is -0.250. The van der Waals surface area contributed by atoms with Crippen LogP contribution in [0.25, 0.3) is 0 Å². The van der Waals surface area contributed by atoms with Gasteiger partial charge in [-0.15, -0.1) is 10.2 Å². The first kappa shape index (κ1) is 20.2. The van der Waals surface area contributed by atoms with Crippen molar-refractivity contribution >= 4 is 46.7 Å². The Morgan fingerprint density at radius 3 is 2.52 bits per heavy atom. The first-order valence-electron chi connectivity index (χ1n) is 7.43. The van der Waals surface area contributed by atoms with E-state index in [0.717, 1.165) is 15.1 Å². The zero-order valence-corrected chi connectivity index (χ0v) is 16.6. The molecule has 1 aromatic heterocycles. The molecule has 0 unspecified atom stereocenters. The molecule has 0 aliphatic rings. The molecule has 0 radical (unpaired) electrons. The molecule has 130 valence electrons. The molecule has 0 bridgehead atoms. The van der Waals surface area contributed by atoms with Gasteiger partial charge in [-0.25, -0.2) is 0 Å². The van der Waals surface area contributed by atoms with Gasteiger partial charge in [-0.05, 0) is 34.1 Å². The van der Waals surface area contributed by atoms with Gasteiger partial charge in [0.15, 0.2) is 8.68 Å². The van der Waals surface area contributed by atoms with Crippen LogP contribution in [0.2, 0.25) is 0 Å². The number of thioether (sulfide) groups is 2. The van der Waals surface area contributed by atoms with Crippen molar-refractivity contribution in [2.75, 3.05) is 12.3 Å². The standard InChI is InChI=1S/C14H24N4O2S3/c1-6-7-15-10(19)8-21-12-17-18-13(23-12)22-9(2)11(20)16-14(3,4)5/h9H,6-8H2,1-5H3,(H,15,19)(H,16,20)/t9-/m1/s1. The van der Waals surface area contributed by atoms with Crippen LogP contribution in [-0.2, 0) is 9.59 Å². The maximum atomic E-state index is 12.1. The first-order chi connectivity index (χ1) is 10.7. The van der Waals surface area contributed by atoms with Crippen LogP contribution in [0.4, 0.5) is 0 Å². The summed E-state index contributed by atoms with van der Waals surface area (Å²) in [4.78, 5) is 23.6. The third-order valence-electron chi connectivity index (χ3n) is 2.43. The molecule has 0 fully saturated rings. The van der Waals surface area contributed by atoms with Gasteiger partial charge >= 0.3 is 0 Å². The molecule has 0 aromatic carbocycles. The summed E-state index contributed by atoms with van der Waals surface area (Å²) in [7, 11) is 0. The molecule has 0 saturated carbocycles. The van der Waals surface area contributed by atoms with E-state index in [1.54, 1.807) is 0 Å². The zero-order valence-electron chi connectivity index (χ0n) is 14.1. The average Bonchev–Trinajstić information content (AvgIpc) is 2.88. The Morgan fingerprint density at radius 1 is 1.26 bits per heavy atom. The highest BCUT2D eigenvalue weighted by Crippen LogP contribution is 2.31. The molecule has 0 aliphatic carbocycles. The van der Waals surface area contributed by atoms with Crippen molar-refractivity contribution in [1.82, 2.24) is 20.8 Å². The van der Waals surface area contributed by atoms with Crippen molar-refractivity contribution in [1.29, 1.82) is 0 Å². The molecule has 9 heteroatoms. The highest BCUT2D eigenvalue weighted by Gasteiger charge is 2.21. The predicted molar refractivity (Wildman–Crippen MR) is 97.1 cm³/mol. The van der Waals surface area contributed by atoms with Crippen LogP contribution in [0, 0.1) is 0 Å². The second kappa shape index (κ2) is 9.48. The van der Waals surface area contributed by atoms with Crippen LogP contribution >= 0.6 is 34.9 Å². The van der Waals surface area contributed by atoms with E-state index >= 15 is 0 Å². The monoisotopic (exact) mass is 376 g/mol. The SMILES string of the molecule is CCCNC(=O)CSc1nnc(S[C@H](C)C(=O)NC(C)(C)C)s1. The fourth-order valence-electron chi connectivity index (χ4n) is 1.42. The lowest BCUT2D eigenvalue weighted by Crippen LogP contribution is -2.44. The number of carbonyl (C=O) groups is 2. The Kier molecular flexibility index (Phi) is 8.35. The number of rotatable bonds is 8. The van der Waals surface area contributed by atoms with E-state index in [9.17, 15) is 9.59 Å². The Balaban J connectivity index is 2.44. The first-order valence-corrected chi connectivity index (χ1v) is 10.1. The smallest absolute Gasteiger partial charge is 0.233 e. The van der Waals surface area contributed by atoms with Crippen LogP contribution < -0.4 is 10.6 Å². The summed E-state index contributed by atoms with van der Waals surface area (Å²) < 4.78 is 1.47. The zero-order chi connectivity index (χ0) is 17.5. The third kappa shape index (κ3) is 8.57. The largest absolute Gasteiger partial charge is 0.355 e. The second-order valence-corrected chi connectivity index (χ2v) is 9.76. The van der Waals surface area contributed by atoms with E-state index < -0.39 is 0 Å². The second-order valence-electron chi connectivity index (χ2n) is 5.97. The lowest BCUT2D eigenvalue weighted by Gasteiger charge is -2.22. The topological polar surface area (TPSA) is 84.0 Å². The van der Waals surface area contributed by atoms with Crippen molar-refractivity contribution in [3.8, 4) is 0 Å². The predicted octanol–water partition coefficient (Wildman–Crippen LogP) is 2.55. The molecule has 0 saturated heterocycles. The Labute approximate surface area is 150 Å². The van der Waals surface area contributed by atoms with Gasteiger partial charge in [-0.2, -0.15) is 0 Å². The van der Waals surface area contributed by atoms with E-state index in [-0.39, 0.29) is 22.6 Å². The number of nitrogens with zero attached hydrogens (tertiary/aromatic N) is 2. The molecule has 1 atom stereocenters. The van der Waals surface area contributed by atoms with E-state index in [4.69, 9.17) is 0 Å². The van der Waals surface area contributed by atoms with Gasteiger partial charge < -0.3 is 10.6 Å². The molecule has 0 aliphatic heterocycles. The summed E-state index contributed by atoms with van der Waals surface area (Å²) in [6.45, 7) is 10.4. The van der Waals surface area contributed by atoms with Crippen molar-refractivity contribution in [2.24, 2.45) is 0 Å². The van der Waals surface area contributed by atoms with Crippen molar-refractivity contribution in [2.45, 2.75) is 60.5 Å². The normalized spacial score (nSPS) is 12.7. The third-order valence-corrected chi connectivity index (χ3v) is 5.67. The number of hydrogen-bond acceptors (Lipinski definition) is 7. The van der Waals surface area contributed by atoms with Gasteiger partial charge in [0.25, 0.3) is 0 Å². The number of aromatic nitrogens is 2. The molecule has 0 spiro atoms. The Morgan fingerprint density at radius 2 is 1.91 bits per heavy atom. The van der Waals surface area contributed by atoms with Crippen LogP contribution in [0.3, 0.4) is 0 Å². The van der Waals surface area contributed by atoms with Crippen molar-refractivity contribution in [3.63, 3.8) is 0 Å². The molecule has 23 heavy (non-hydrogen) atoms. The minimum atomic E-state index is -0.250. The molecule has 1 aromatic rings. The van der Waals surface area contributed by atoms with Crippen LogP contribution in [-0.4, -0.2) is 45.1 Å². The van der Waals surface area contributed by atoms with Gasteiger partial charge in [-0.3, -0.25) is 9.59 Å². The molecular formula is C14H24N4O2S3. The van der Waals surface area contributed by atoms with Gasteiger partial charge in [0.05, 0.1) is 11.0 Å². The quantitative estimate of drug-likeness (QED) is 0.678. The molecular weight excluding hydrogens is 352 g/mol. The minimum Gasteiger partial charge on any atom is -0.355 e. The highest BCUT2D eigenvalue weighted by atomic mass is 32.2. The Bertz CT molecular complexity index is 528. The number of nitrogens with one attached hydrogen (secondary N) is 2. The lowest BCUT2D eigenvalue weighted by molar-refractivity contribution is -0.121. The maximum absolute atomic E-state index is 12.1. The van der Waals surface area contributed by atoms with Crippen molar-refractivity contribution < 1.29 is 9.59 Å². The van der Waals surface area contributed by atoms with E-state index in [1.807, 2.05) is 34.6 Å². The summed E-state index contributed by atoms with van der Waals surface area (Å²) in [5.74, 6) is 0.310. The van der Waals surface area contributed by atoms with Crippen LogP contribution in [0.1, 0.15) is 41.0 Å². The number of hydrogen-bond donors (Lipinski definition) is 2. The van der Waals surface area contributed by atoms with E-state index in [0.29, 0.717) is 12.3 Å². The van der Waals surface area contributed by atoms with Crippen LogP contribution in [0.5, 0.6) is 0 Å². The molecule has 2 N–H and O–H groups in total. The fourth-order valence-corrected chi connectivity index (χ4v) is 4.42. The van der Waals surface area contributed by atoms with Crippen molar-refractivity contribution in [3.05, 3.63) is 0 Å². The Hall–Kier alpha value is -0.800. The minimum absolute atomic E-state index is 0.000763. The van der Waals surface area contributed by atoms with E-state index in [2.05, 4.69) is 20.8 Å². The van der Waals surface area contributed by atoms with Gasteiger partial charge in [0.1, 0.15) is 0 Å². The summed E-state index contributed by atoms with van der Waals surface area (Å²) in [6, 6.07) is 0. The van der Waals surface area contributed by atoms with Gasteiger partial charge in [-0.1, -0.05) is 41.8 Å². The van der Waals surface area contributed by atoms with Crippen LogP contribution in [0.15, 0.2) is 8.68 Å². The summed E-state index contributed by atoms with van der Waals surface area (Å²) in [6.07, 6.45) is 0.921. The molecule has 1 rings (SSSR count).